The number of rotatable bonds is 5. The minimum Gasteiger partial charge on any atom is -0.377 e. The van der Waals surface area contributed by atoms with Gasteiger partial charge in [0.2, 0.25) is 5.91 Å². The van der Waals surface area contributed by atoms with E-state index in [0.717, 1.165) is 19.6 Å². The number of fused-ring (bicyclic) bond motifs is 1. The first-order valence-corrected chi connectivity index (χ1v) is 7.49. The highest BCUT2D eigenvalue weighted by molar-refractivity contribution is 5.81. The van der Waals surface area contributed by atoms with Crippen LogP contribution in [0, 0.1) is 17.3 Å². The molecule has 2 N–H and O–H groups in total. The summed E-state index contributed by atoms with van der Waals surface area (Å²) in [4.78, 5) is 12.0. The van der Waals surface area contributed by atoms with Crippen molar-refractivity contribution in [2.75, 3.05) is 13.2 Å². The average Bonchev–Trinajstić information content (AvgIpc) is 2.79. The molecule has 0 spiro atoms. The summed E-state index contributed by atoms with van der Waals surface area (Å²) >= 11 is 0. The molecule has 0 bridgehead atoms. The number of hydrogen-bond donors (Lipinski definition) is 2. The van der Waals surface area contributed by atoms with Gasteiger partial charge in [0, 0.05) is 30.5 Å². The second-order valence-corrected chi connectivity index (χ2v) is 7.07. The molecule has 19 heavy (non-hydrogen) atoms. The van der Waals surface area contributed by atoms with Crippen LogP contribution >= 0.6 is 0 Å². The Morgan fingerprint density at radius 1 is 1.37 bits per heavy atom. The molecule has 110 valence electrons. The molecule has 0 aromatic carbocycles. The molecule has 4 nitrogen and oxygen atoms in total. The van der Waals surface area contributed by atoms with Crippen LogP contribution in [0.25, 0.3) is 0 Å². The molecule has 1 amide bonds. The van der Waals surface area contributed by atoms with Crippen molar-refractivity contribution in [2.45, 2.75) is 59.2 Å². The first kappa shape index (κ1) is 14.8. The fourth-order valence-electron chi connectivity index (χ4n) is 3.47. The van der Waals surface area contributed by atoms with Crippen LogP contribution < -0.4 is 10.6 Å². The highest BCUT2D eigenvalue weighted by atomic mass is 16.5. The molecule has 0 radical (unpaired) electrons. The third kappa shape index (κ3) is 2.79. The second kappa shape index (κ2) is 5.41. The zero-order valence-electron chi connectivity index (χ0n) is 12.8. The third-order valence-electron chi connectivity index (χ3n) is 4.61. The van der Waals surface area contributed by atoms with Crippen molar-refractivity contribution < 1.29 is 9.53 Å². The number of carbonyl (C=O) groups is 1. The van der Waals surface area contributed by atoms with Gasteiger partial charge in [0.05, 0.1) is 12.1 Å². The van der Waals surface area contributed by atoms with Crippen molar-refractivity contribution >= 4 is 5.91 Å². The Bertz CT molecular complexity index is 341. The van der Waals surface area contributed by atoms with Gasteiger partial charge in [-0.1, -0.05) is 27.7 Å². The van der Waals surface area contributed by atoms with E-state index in [-0.39, 0.29) is 17.4 Å². The summed E-state index contributed by atoms with van der Waals surface area (Å²) in [5.41, 5.74) is 0.133. The van der Waals surface area contributed by atoms with Crippen molar-refractivity contribution in [3.05, 3.63) is 0 Å². The molecule has 0 aromatic heterocycles. The molecule has 1 aliphatic heterocycles. The lowest BCUT2D eigenvalue weighted by Crippen LogP contribution is -2.68. The fraction of sp³-hybridized carbons (Fsp3) is 0.933. The summed E-state index contributed by atoms with van der Waals surface area (Å²) in [6, 6.07) is 0.254. The Labute approximate surface area is 116 Å². The van der Waals surface area contributed by atoms with E-state index in [1.54, 1.807) is 0 Å². The van der Waals surface area contributed by atoms with Crippen LogP contribution in [0.15, 0.2) is 0 Å². The van der Waals surface area contributed by atoms with Crippen molar-refractivity contribution in [3.63, 3.8) is 0 Å². The molecule has 4 atom stereocenters. The van der Waals surface area contributed by atoms with Gasteiger partial charge in [0.25, 0.3) is 0 Å². The highest BCUT2D eigenvalue weighted by Gasteiger charge is 2.59. The summed E-state index contributed by atoms with van der Waals surface area (Å²) in [6.45, 7) is 12.2. The maximum atomic E-state index is 12.0. The van der Waals surface area contributed by atoms with E-state index >= 15 is 0 Å². The highest BCUT2D eigenvalue weighted by Crippen LogP contribution is 2.52. The van der Waals surface area contributed by atoms with Gasteiger partial charge in [-0.25, -0.2) is 0 Å². The standard InChI is InChI=1S/C15H28N2O2/c1-9(2)8-16-14(18)10(3)17-12-11-6-7-19-13(11)15(12,4)5/h9-13,17H,6-8H2,1-5H3,(H,16,18). The largest absolute Gasteiger partial charge is 0.377 e. The van der Waals surface area contributed by atoms with Gasteiger partial charge in [-0.15, -0.1) is 0 Å². The lowest BCUT2D eigenvalue weighted by molar-refractivity contribution is -0.130. The Kier molecular flexibility index (Phi) is 4.21. The van der Waals surface area contributed by atoms with E-state index in [1.165, 1.54) is 0 Å². The van der Waals surface area contributed by atoms with Gasteiger partial charge in [0.15, 0.2) is 0 Å². The predicted molar refractivity (Wildman–Crippen MR) is 75.9 cm³/mol. The minimum absolute atomic E-state index is 0.104. The smallest absolute Gasteiger partial charge is 0.236 e. The van der Waals surface area contributed by atoms with E-state index in [4.69, 9.17) is 4.74 Å². The monoisotopic (exact) mass is 268 g/mol. The van der Waals surface area contributed by atoms with Crippen molar-refractivity contribution in [1.29, 1.82) is 0 Å². The Hall–Kier alpha value is -0.610. The van der Waals surface area contributed by atoms with E-state index < -0.39 is 0 Å². The van der Waals surface area contributed by atoms with Crippen molar-refractivity contribution in [3.8, 4) is 0 Å². The van der Waals surface area contributed by atoms with Gasteiger partial charge in [-0.3, -0.25) is 4.79 Å². The third-order valence-corrected chi connectivity index (χ3v) is 4.61. The maximum absolute atomic E-state index is 12.0. The van der Waals surface area contributed by atoms with Crippen LogP contribution in [0.1, 0.15) is 41.0 Å². The van der Waals surface area contributed by atoms with Gasteiger partial charge in [-0.2, -0.15) is 0 Å². The number of nitrogens with one attached hydrogen (secondary N) is 2. The van der Waals surface area contributed by atoms with Crippen LogP contribution in [-0.4, -0.2) is 37.2 Å². The Balaban J connectivity index is 1.85. The summed E-state index contributed by atoms with van der Waals surface area (Å²) < 4.78 is 5.78. The number of hydrogen-bond acceptors (Lipinski definition) is 3. The summed E-state index contributed by atoms with van der Waals surface area (Å²) in [6.07, 6.45) is 1.49. The fourth-order valence-corrected chi connectivity index (χ4v) is 3.47. The normalized spacial score (nSPS) is 33.7. The maximum Gasteiger partial charge on any atom is 0.236 e. The van der Waals surface area contributed by atoms with Crippen LogP contribution in [0.3, 0.4) is 0 Å². The molecule has 2 aliphatic rings. The first-order valence-electron chi connectivity index (χ1n) is 7.49. The molecule has 2 rings (SSSR count). The van der Waals surface area contributed by atoms with Crippen LogP contribution in [0.2, 0.25) is 0 Å². The zero-order chi connectivity index (χ0) is 14.2. The number of carbonyl (C=O) groups excluding carboxylic acids is 1. The van der Waals surface area contributed by atoms with Crippen LogP contribution in [0.4, 0.5) is 0 Å². The minimum atomic E-state index is -0.135. The molecular formula is C15H28N2O2. The van der Waals surface area contributed by atoms with E-state index in [2.05, 4.69) is 38.3 Å². The van der Waals surface area contributed by atoms with Crippen LogP contribution in [-0.2, 0) is 9.53 Å². The van der Waals surface area contributed by atoms with Crippen LogP contribution in [0.5, 0.6) is 0 Å². The molecule has 1 saturated carbocycles. The lowest BCUT2D eigenvalue weighted by atomic mass is 9.57. The van der Waals surface area contributed by atoms with Gasteiger partial charge in [-0.05, 0) is 19.3 Å². The molecule has 1 aliphatic carbocycles. The molecule has 4 heteroatoms. The molecule has 0 aromatic rings. The number of ether oxygens (including phenoxy) is 1. The predicted octanol–water partition coefficient (Wildman–Crippen LogP) is 1.55. The van der Waals surface area contributed by atoms with Gasteiger partial charge < -0.3 is 15.4 Å². The molecular weight excluding hydrogens is 240 g/mol. The SMILES string of the molecule is CC(C)CNC(=O)C(C)NC1C2CCOC2C1(C)C. The molecule has 1 heterocycles. The topological polar surface area (TPSA) is 50.4 Å². The summed E-state index contributed by atoms with van der Waals surface area (Å²) in [5.74, 6) is 1.17. The first-order chi connectivity index (χ1) is 8.84. The molecule has 1 saturated heterocycles. The molecule has 4 unspecified atom stereocenters. The number of amides is 1. The van der Waals surface area contributed by atoms with Crippen molar-refractivity contribution in [1.82, 2.24) is 10.6 Å². The Morgan fingerprint density at radius 2 is 2.05 bits per heavy atom. The Morgan fingerprint density at radius 3 is 2.68 bits per heavy atom. The van der Waals surface area contributed by atoms with E-state index in [1.807, 2.05) is 6.92 Å². The van der Waals surface area contributed by atoms with Gasteiger partial charge >= 0.3 is 0 Å². The average molecular weight is 268 g/mol. The second-order valence-electron chi connectivity index (χ2n) is 7.07. The molecule has 2 fully saturated rings. The lowest BCUT2D eigenvalue weighted by Gasteiger charge is -2.55. The summed E-state index contributed by atoms with van der Waals surface area (Å²) in [5, 5.41) is 6.50. The van der Waals surface area contributed by atoms with Crippen molar-refractivity contribution in [2.24, 2.45) is 17.3 Å². The quantitative estimate of drug-likeness (QED) is 0.795. The summed E-state index contributed by atoms with van der Waals surface area (Å²) in [7, 11) is 0. The van der Waals surface area contributed by atoms with E-state index in [9.17, 15) is 4.79 Å². The van der Waals surface area contributed by atoms with Gasteiger partial charge in [0.1, 0.15) is 0 Å². The van der Waals surface area contributed by atoms with E-state index in [0.29, 0.717) is 24.0 Å². The zero-order valence-corrected chi connectivity index (χ0v) is 12.8.